The summed E-state index contributed by atoms with van der Waals surface area (Å²) in [4.78, 5) is 26.6. The number of fused-ring (bicyclic) bond motifs is 1. The molecule has 6 heteroatoms. The third-order valence-corrected chi connectivity index (χ3v) is 5.11. The van der Waals surface area contributed by atoms with Crippen molar-refractivity contribution in [3.63, 3.8) is 0 Å². The van der Waals surface area contributed by atoms with Crippen LogP contribution in [-0.2, 0) is 24.4 Å². The summed E-state index contributed by atoms with van der Waals surface area (Å²) in [6.45, 7) is 8.42. The number of urea groups is 1. The number of carbonyl (C=O) groups excluding carboxylic acids is 2. The molecule has 0 spiro atoms. The second-order valence-corrected chi connectivity index (χ2v) is 7.79. The molecule has 1 fully saturated rings. The summed E-state index contributed by atoms with van der Waals surface area (Å²) in [6, 6.07) is 6.33. The summed E-state index contributed by atoms with van der Waals surface area (Å²) in [5.74, 6) is 0.347. The molecule has 1 atom stereocenters. The highest BCUT2D eigenvalue weighted by molar-refractivity contribution is 5.80. The molecular weight excluding hydrogens is 328 g/mol. The van der Waals surface area contributed by atoms with Crippen LogP contribution in [0.1, 0.15) is 43.4 Å². The van der Waals surface area contributed by atoms with Gasteiger partial charge in [0, 0.05) is 39.3 Å². The van der Waals surface area contributed by atoms with E-state index in [-0.39, 0.29) is 17.9 Å². The molecule has 142 valence electrons. The molecular formula is C20H30N4O2. The Labute approximate surface area is 155 Å². The molecule has 0 radical (unpaired) electrons. The van der Waals surface area contributed by atoms with Crippen LogP contribution in [-0.4, -0.2) is 36.5 Å². The minimum atomic E-state index is -0.121. The molecule has 0 aromatic heterocycles. The predicted octanol–water partition coefficient (Wildman–Crippen LogP) is 1.98. The summed E-state index contributed by atoms with van der Waals surface area (Å²) in [5.41, 5.74) is 3.79. The van der Waals surface area contributed by atoms with Crippen molar-refractivity contribution >= 4 is 11.9 Å². The van der Waals surface area contributed by atoms with Gasteiger partial charge in [-0.3, -0.25) is 4.79 Å². The molecule has 0 bridgehead atoms. The maximum atomic E-state index is 12.6. The largest absolute Gasteiger partial charge is 0.352 e. The van der Waals surface area contributed by atoms with Crippen molar-refractivity contribution < 1.29 is 9.59 Å². The van der Waals surface area contributed by atoms with Crippen LogP contribution in [0.4, 0.5) is 4.79 Å². The molecule has 3 N–H and O–H groups in total. The van der Waals surface area contributed by atoms with Gasteiger partial charge in [0.15, 0.2) is 0 Å². The van der Waals surface area contributed by atoms with E-state index in [2.05, 4.69) is 48.0 Å². The smallest absolute Gasteiger partial charge is 0.317 e. The first-order valence-electron chi connectivity index (χ1n) is 9.65. The van der Waals surface area contributed by atoms with E-state index in [4.69, 9.17) is 0 Å². The third-order valence-electron chi connectivity index (χ3n) is 5.11. The van der Waals surface area contributed by atoms with Crippen molar-refractivity contribution in [2.75, 3.05) is 19.6 Å². The number of nitrogens with one attached hydrogen (secondary N) is 3. The Kier molecular flexibility index (Phi) is 6.14. The Morgan fingerprint density at radius 1 is 1.23 bits per heavy atom. The lowest BCUT2D eigenvalue weighted by Crippen LogP contribution is -2.49. The van der Waals surface area contributed by atoms with E-state index in [0.717, 1.165) is 38.0 Å². The van der Waals surface area contributed by atoms with Crippen LogP contribution in [0.5, 0.6) is 0 Å². The average Bonchev–Trinajstić information content (AvgIpc) is 3.12. The lowest BCUT2D eigenvalue weighted by molar-refractivity contribution is -0.126. The molecule has 1 aromatic rings. The number of amides is 3. The molecule has 1 aromatic carbocycles. The normalized spacial score (nSPS) is 19.3. The fourth-order valence-electron chi connectivity index (χ4n) is 3.57. The number of carbonyl (C=O) groups is 2. The van der Waals surface area contributed by atoms with Gasteiger partial charge in [-0.15, -0.1) is 0 Å². The zero-order valence-electron chi connectivity index (χ0n) is 15.8. The third kappa shape index (κ3) is 4.75. The molecule has 2 aliphatic heterocycles. The van der Waals surface area contributed by atoms with Crippen molar-refractivity contribution in [3.05, 3.63) is 34.9 Å². The molecule has 1 unspecified atom stereocenters. The maximum Gasteiger partial charge on any atom is 0.317 e. The molecule has 6 nitrogen and oxygen atoms in total. The van der Waals surface area contributed by atoms with E-state index < -0.39 is 0 Å². The van der Waals surface area contributed by atoms with E-state index in [1.807, 2.05) is 0 Å². The minimum absolute atomic E-state index is 0.0463. The highest BCUT2D eigenvalue weighted by atomic mass is 16.2. The van der Waals surface area contributed by atoms with Crippen molar-refractivity contribution in [1.29, 1.82) is 0 Å². The van der Waals surface area contributed by atoms with Gasteiger partial charge >= 0.3 is 6.03 Å². The highest BCUT2D eigenvalue weighted by Crippen LogP contribution is 2.19. The Morgan fingerprint density at radius 2 is 2.04 bits per heavy atom. The summed E-state index contributed by atoms with van der Waals surface area (Å²) in [5, 5.41) is 9.33. The molecule has 3 amide bonds. The molecule has 0 aliphatic carbocycles. The lowest BCUT2D eigenvalue weighted by atomic mass is 9.97. The van der Waals surface area contributed by atoms with E-state index in [9.17, 15) is 9.59 Å². The van der Waals surface area contributed by atoms with Gasteiger partial charge in [0.25, 0.3) is 0 Å². The van der Waals surface area contributed by atoms with Crippen LogP contribution in [0.15, 0.2) is 18.2 Å². The Hall–Kier alpha value is -2.08. The van der Waals surface area contributed by atoms with Crippen LogP contribution in [0.2, 0.25) is 0 Å². The first-order valence-corrected chi connectivity index (χ1v) is 9.65. The van der Waals surface area contributed by atoms with E-state index in [1.165, 1.54) is 11.1 Å². The monoisotopic (exact) mass is 358 g/mol. The number of rotatable bonds is 5. The number of hydrogen-bond acceptors (Lipinski definition) is 3. The Morgan fingerprint density at radius 3 is 2.85 bits per heavy atom. The Balaban J connectivity index is 1.49. The fourth-order valence-corrected chi connectivity index (χ4v) is 3.57. The van der Waals surface area contributed by atoms with Gasteiger partial charge in [0.1, 0.15) is 0 Å². The van der Waals surface area contributed by atoms with Gasteiger partial charge in [-0.05, 0) is 35.4 Å². The van der Waals surface area contributed by atoms with Crippen LogP contribution in [0.3, 0.4) is 0 Å². The Bertz CT molecular complexity index is 659. The van der Waals surface area contributed by atoms with Gasteiger partial charge in [0.05, 0.1) is 5.92 Å². The van der Waals surface area contributed by atoms with E-state index in [1.54, 1.807) is 4.90 Å². The molecule has 3 rings (SSSR count). The predicted molar refractivity (Wildman–Crippen MR) is 101 cm³/mol. The number of benzene rings is 1. The van der Waals surface area contributed by atoms with E-state index in [0.29, 0.717) is 25.6 Å². The number of likely N-dealkylation sites (tertiary alicyclic amines) is 1. The lowest BCUT2D eigenvalue weighted by Gasteiger charge is -2.32. The first kappa shape index (κ1) is 18.7. The van der Waals surface area contributed by atoms with Crippen LogP contribution < -0.4 is 16.0 Å². The fraction of sp³-hybridized carbons (Fsp3) is 0.600. The topological polar surface area (TPSA) is 73.5 Å². The second-order valence-electron chi connectivity index (χ2n) is 7.79. The van der Waals surface area contributed by atoms with E-state index >= 15 is 0 Å². The standard InChI is InChI=1S/C20H30N4O2/c1-14(2)9-23-20(26)24-7-3-4-17(13-24)19(25)22-10-15-5-6-16-11-21-12-18(16)8-15/h5-6,8,14,17,21H,3-4,7,9-13H2,1-2H3,(H,22,25)(H,23,26). The van der Waals surface area contributed by atoms with Gasteiger partial charge in [-0.2, -0.15) is 0 Å². The summed E-state index contributed by atoms with van der Waals surface area (Å²) in [7, 11) is 0. The van der Waals surface area contributed by atoms with Crippen molar-refractivity contribution in [2.45, 2.75) is 46.3 Å². The molecule has 0 saturated carbocycles. The van der Waals surface area contributed by atoms with Crippen LogP contribution in [0.25, 0.3) is 0 Å². The number of hydrogen-bond donors (Lipinski definition) is 3. The zero-order chi connectivity index (χ0) is 18.5. The zero-order valence-corrected chi connectivity index (χ0v) is 15.8. The average molecular weight is 358 g/mol. The summed E-state index contributed by atoms with van der Waals surface area (Å²) in [6.07, 6.45) is 1.71. The minimum Gasteiger partial charge on any atom is -0.352 e. The van der Waals surface area contributed by atoms with Crippen LogP contribution >= 0.6 is 0 Å². The molecule has 26 heavy (non-hydrogen) atoms. The van der Waals surface area contributed by atoms with Gasteiger partial charge in [-0.25, -0.2) is 4.79 Å². The molecule has 2 aliphatic rings. The molecule has 2 heterocycles. The first-order chi connectivity index (χ1) is 12.5. The van der Waals surface area contributed by atoms with Gasteiger partial charge < -0.3 is 20.9 Å². The van der Waals surface area contributed by atoms with Crippen molar-refractivity contribution in [2.24, 2.45) is 11.8 Å². The highest BCUT2D eigenvalue weighted by Gasteiger charge is 2.28. The molecule has 1 saturated heterocycles. The second kappa shape index (κ2) is 8.54. The van der Waals surface area contributed by atoms with Gasteiger partial charge in [-0.1, -0.05) is 32.0 Å². The summed E-state index contributed by atoms with van der Waals surface area (Å²) < 4.78 is 0. The van der Waals surface area contributed by atoms with Gasteiger partial charge in [0.2, 0.25) is 5.91 Å². The SMILES string of the molecule is CC(C)CNC(=O)N1CCCC(C(=O)NCc2ccc3c(c2)CNC3)C1. The summed E-state index contributed by atoms with van der Waals surface area (Å²) >= 11 is 0. The van der Waals surface area contributed by atoms with Crippen LogP contribution in [0, 0.1) is 11.8 Å². The van der Waals surface area contributed by atoms with Crippen molar-refractivity contribution in [1.82, 2.24) is 20.9 Å². The number of piperidine rings is 1. The quantitative estimate of drug-likeness (QED) is 0.754. The number of nitrogens with zero attached hydrogens (tertiary/aromatic N) is 1. The van der Waals surface area contributed by atoms with Crippen molar-refractivity contribution in [3.8, 4) is 0 Å². The maximum absolute atomic E-state index is 12.6.